The van der Waals surface area contributed by atoms with Gasteiger partial charge in [0.15, 0.2) is 0 Å². The van der Waals surface area contributed by atoms with E-state index in [1.807, 2.05) is 0 Å². The van der Waals surface area contributed by atoms with Gasteiger partial charge in [0.25, 0.3) is 0 Å². The predicted molar refractivity (Wildman–Crippen MR) is 145 cm³/mol. The van der Waals surface area contributed by atoms with Crippen LogP contribution in [0.3, 0.4) is 0 Å². The maximum atomic E-state index is 2.77. The van der Waals surface area contributed by atoms with Crippen molar-refractivity contribution >= 4 is 17.1 Å². The van der Waals surface area contributed by atoms with Crippen LogP contribution in [0.25, 0.3) is 0 Å². The minimum Gasteiger partial charge on any atom is -0.369 e. The average molecular weight is 447 g/mol. The van der Waals surface area contributed by atoms with Crippen LogP contribution in [0.4, 0.5) is 17.1 Å². The van der Waals surface area contributed by atoms with E-state index >= 15 is 0 Å². The summed E-state index contributed by atoms with van der Waals surface area (Å²) in [5, 5.41) is 0. The average Bonchev–Trinajstić information content (AvgIpc) is 2.89. The molecule has 2 heteroatoms. The topological polar surface area (TPSA) is 6.48 Å². The summed E-state index contributed by atoms with van der Waals surface area (Å²) in [5.41, 5.74) is 4.15. The fourth-order valence-corrected chi connectivity index (χ4v) is 6.10. The van der Waals surface area contributed by atoms with Gasteiger partial charge in [-0.2, -0.15) is 0 Å². The first-order chi connectivity index (χ1) is 16.4. The maximum Gasteiger partial charge on any atom is 0.0414 e. The molecular formula is C31H46N2. The van der Waals surface area contributed by atoms with Gasteiger partial charge >= 0.3 is 0 Å². The zero-order valence-electron chi connectivity index (χ0n) is 21.1. The Morgan fingerprint density at radius 3 is 1.76 bits per heavy atom. The van der Waals surface area contributed by atoms with Crippen LogP contribution in [0.15, 0.2) is 54.6 Å². The quantitative estimate of drug-likeness (QED) is 0.317. The molecule has 0 bridgehead atoms. The fourth-order valence-electron chi connectivity index (χ4n) is 6.10. The lowest BCUT2D eigenvalue weighted by atomic mass is 9.92. The molecular weight excluding hydrogens is 400 g/mol. The first-order valence-electron chi connectivity index (χ1n) is 14.1. The molecule has 2 aromatic carbocycles. The SMILES string of the molecule is CCCCCCCN(c1ccc(N(c2ccccc2)C2CCCCC2)cc1)C1CCCCC1. The van der Waals surface area contributed by atoms with E-state index in [0.717, 1.165) is 6.04 Å². The summed E-state index contributed by atoms with van der Waals surface area (Å²) >= 11 is 0. The van der Waals surface area contributed by atoms with E-state index < -0.39 is 0 Å². The minimum absolute atomic E-state index is 0.625. The number of hydrogen-bond acceptors (Lipinski definition) is 2. The van der Waals surface area contributed by atoms with Crippen molar-refractivity contribution in [3.8, 4) is 0 Å². The van der Waals surface area contributed by atoms with Crippen LogP contribution >= 0.6 is 0 Å². The second-order valence-electron chi connectivity index (χ2n) is 10.4. The number of para-hydroxylation sites is 1. The molecule has 2 aliphatic carbocycles. The van der Waals surface area contributed by atoms with Crippen LogP contribution in [0.2, 0.25) is 0 Å². The molecule has 33 heavy (non-hydrogen) atoms. The van der Waals surface area contributed by atoms with Crippen LogP contribution in [-0.2, 0) is 0 Å². The smallest absolute Gasteiger partial charge is 0.0414 e. The molecule has 0 unspecified atom stereocenters. The molecule has 0 saturated heterocycles. The van der Waals surface area contributed by atoms with E-state index in [4.69, 9.17) is 0 Å². The minimum atomic E-state index is 0.625. The number of rotatable bonds is 11. The van der Waals surface area contributed by atoms with Crippen LogP contribution in [-0.4, -0.2) is 18.6 Å². The third-order valence-electron chi connectivity index (χ3n) is 7.95. The van der Waals surface area contributed by atoms with Gasteiger partial charge in [-0.3, -0.25) is 0 Å². The highest BCUT2D eigenvalue weighted by Gasteiger charge is 2.24. The third kappa shape index (κ3) is 6.78. The second-order valence-corrected chi connectivity index (χ2v) is 10.4. The first-order valence-corrected chi connectivity index (χ1v) is 14.1. The van der Waals surface area contributed by atoms with Gasteiger partial charge in [-0.15, -0.1) is 0 Å². The molecule has 2 fully saturated rings. The molecule has 180 valence electrons. The van der Waals surface area contributed by atoms with E-state index in [0.29, 0.717) is 6.04 Å². The van der Waals surface area contributed by atoms with Gasteiger partial charge < -0.3 is 9.80 Å². The van der Waals surface area contributed by atoms with Crippen LogP contribution < -0.4 is 9.80 Å². The summed E-state index contributed by atoms with van der Waals surface area (Å²) in [4.78, 5) is 5.39. The molecule has 2 aliphatic rings. The summed E-state index contributed by atoms with van der Waals surface area (Å²) in [6.07, 6.45) is 20.5. The summed E-state index contributed by atoms with van der Waals surface area (Å²) in [5.74, 6) is 0. The number of anilines is 3. The van der Waals surface area contributed by atoms with Gasteiger partial charge in [0, 0.05) is 35.7 Å². The highest BCUT2D eigenvalue weighted by Crippen LogP contribution is 2.36. The van der Waals surface area contributed by atoms with E-state index in [1.54, 1.807) is 0 Å². The predicted octanol–water partition coefficient (Wildman–Crippen LogP) is 9.27. The van der Waals surface area contributed by atoms with Gasteiger partial charge in [-0.25, -0.2) is 0 Å². The van der Waals surface area contributed by atoms with Crippen molar-refractivity contribution < 1.29 is 0 Å². The Bertz CT molecular complexity index is 772. The molecule has 0 amide bonds. The summed E-state index contributed by atoms with van der Waals surface area (Å²) in [6, 6.07) is 22.1. The van der Waals surface area contributed by atoms with Gasteiger partial charge in [0.2, 0.25) is 0 Å². The maximum absolute atomic E-state index is 2.77. The van der Waals surface area contributed by atoms with Crippen LogP contribution in [0, 0.1) is 0 Å². The van der Waals surface area contributed by atoms with Crippen molar-refractivity contribution in [3.63, 3.8) is 0 Å². The lowest BCUT2D eigenvalue weighted by molar-refractivity contribution is 0.410. The molecule has 0 aromatic heterocycles. The molecule has 0 heterocycles. The van der Waals surface area contributed by atoms with E-state index in [1.165, 1.54) is 120 Å². The van der Waals surface area contributed by atoms with Crippen molar-refractivity contribution in [2.75, 3.05) is 16.3 Å². The molecule has 0 N–H and O–H groups in total. The Hall–Kier alpha value is -1.96. The lowest BCUT2D eigenvalue weighted by Crippen LogP contribution is -2.37. The number of nitrogens with zero attached hydrogens (tertiary/aromatic N) is 2. The summed E-state index contributed by atoms with van der Waals surface area (Å²) < 4.78 is 0. The van der Waals surface area contributed by atoms with Gasteiger partial charge in [0.05, 0.1) is 0 Å². The van der Waals surface area contributed by atoms with Crippen LogP contribution in [0.5, 0.6) is 0 Å². The largest absolute Gasteiger partial charge is 0.369 e. The monoisotopic (exact) mass is 446 g/mol. The van der Waals surface area contributed by atoms with Gasteiger partial charge in [-0.1, -0.05) is 89.3 Å². The molecule has 2 aromatic rings. The number of unbranched alkanes of at least 4 members (excludes halogenated alkanes) is 4. The normalized spacial score (nSPS) is 17.7. The molecule has 2 nitrogen and oxygen atoms in total. The van der Waals surface area contributed by atoms with Crippen molar-refractivity contribution in [1.29, 1.82) is 0 Å². The molecule has 0 spiro atoms. The molecule has 0 aliphatic heterocycles. The number of benzene rings is 2. The summed E-state index contributed by atoms with van der Waals surface area (Å²) in [7, 11) is 0. The second kappa shape index (κ2) is 13.1. The van der Waals surface area contributed by atoms with Gasteiger partial charge in [0.1, 0.15) is 0 Å². The van der Waals surface area contributed by atoms with Gasteiger partial charge in [-0.05, 0) is 68.5 Å². The third-order valence-corrected chi connectivity index (χ3v) is 7.95. The zero-order valence-corrected chi connectivity index (χ0v) is 21.1. The van der Waals surface area contributed by atoms with E-state index in [9.17, 15) is 0 Å². The summed E-state index contributed by atoms with van der Waals surface area (Å²) in [6.45, 7) is 3.53. The van der Waals surface area contributed by atoms with Crippen LogP contribution in [0.1, 0.15) is 103 Å². The van der Waals surface area contributed by atoms with E-state index in [-0.39, 0.29) is 0 Å². The Morgan fingerprint density at radius 1 is 0.576 bits per heavy atom. The fraction of sp³-hybridized carbons (Fsp3) is 0.613. The Balaban J connectivity index is 1.52. The lowest BCUT2D eigenvalue weighted by Gasteiger charge is -2.38. The van der Waals surface area contributed by atoms with Crippen molar-refractivity contribution in [2.45, 2.75) is 115 Å². The van der Waals surface area contributed by atoms with Crippen molar-refractivity contribution in [1.82, 2.24) is 0 Å². The highest BCUT2D eigenvalue weighted by atomic mass is 15.2. The standard InChI is InChI=1S/C31H46N2/c1-2-3-4-5-15-26-32(27-16-9-6-10-17-27)28-22-24-31(25-23-28)33(29-18-11-7-12-19-29)30-20-13-8-14-21-30/h7,11-12,18-19,22-25,27,30H,2-6,8-10,13-17,20-21,26H2,1H3. The Kier molecular flexibility index (Phi) is 9.57. The Morgan fingerprint density at radius 2 is 1.12 bits per heavy atom. The molecule has 4 rings (SSSR count). The molecule has 0 radical (unpaired) electrons. The number of hydrogen-bond donors (Lipinski definition) is 0. The molecule has 2 saturated carbocycles. The Labute approximate surface area is 203 Å². The first kappa shape index (κ1) is 24.2. The highest BCUT2D eigenvalue weighted by molar-refractivity contribution is 5.67. The van der Waals surface area contributed by atoms with Crippen molar-refractivity contribution in [2.24, 2.45) is 0 Å². The van der Waals surface area contributed by atoms with Crippen molar-refractivity contribution in [3.05, 3.63) is 54.6 Å². The zero-order chi connectivity index (χ0) is 22.7. The van der Waals surface area contributed by atoms with E-state index in [2.05, 4.69) is 71.3 Å². The molecule has 0 atom stereocenters.